The van der Waals surface area contributed by atoms with Crippen LogP contribution in [0.15, 0.2) is 17.6 Å². The predicted octanol–water partition coefficient (Wildman–Crippen LogP) is -0.373. The Kier molecular flexibility index (Phi) is 2.00. The third-order valence-corrected chi connectivity index (χ3v) is 0.902. The summed E-state index contributed by atoms with van der Waals surface area (Å²) in [6, 6.07) is 0. The molecule has 1 unspecified atom stereocenters. The first-order valence-electron chi connectivity index (χ1n) is 2.79. The van der Waals surface area contributed by atoms with Crippen LogP contribution in [0.2, 0.25) is 0 Å². The number of esters is 2. The van der Waals surface area contributed by atoms with Crippen molar-refractivity contribution in [3.05, 3.63) is 12.7 Å². The Balaban J connectivity index is 2.41. The van der Waals surface area contributed by atoms with Crippen molar-refractivity contribution in [3.8, 4) is 0 Å². The fourth-order valence-electron chi connectivity index (χ4n) is 0.484. The van der Waals surface area contributed by atoms with E-state index in [9.17, 15) is 9.59 Å². The third kappa shape index (κ3) is 1.89. The number of aliphatic imine (C=N–C) groups is 1. The Bertz CT molecular complexity index is 233. The molecule has 0 aromatic heterocycles. The number of hydrogen-bond acceptors (Lipinski definition) is 5. The summed E-state index contributed by atoms with van der Waals surface area (Å²) < 4.78 is 8.81. The van der Waals surface area contributed by atoms with Crippen LogP contribution in [0.3, 0.4) is 0 Å². The van der Waals surface area contributed by atoms with Gasteiger partial charge in [0, 0.05) is 6.08 Å². The fraction of sp³-hybridized carbons (Fsp3) is 0.167. The van der Waals surface area contributed by atoms with Crippen molar-refractivity contribution in [1.82, 2.24) is 0 Å². The Morgan fingerprint density at radius 3 is 3.09 bits per heavy atom. The standard InChI is InChI=1S/C6H5NO4/c1-2-4(8)10-6-7-3-5(9)11-6/h2-3,6H,1H2. The monoisotopic (exact) mass is 155 g/mol. The summed E-state index contributed by atoms with van der Waals surface area (Å²) in [5.41, 5.74) is 0. The molecule has 11 heavy (non-hydrogen) atoms. The number of hydrogen-bond donors (Lipinski definition) is 0. The molecular weight excluding hydrogens is 150 g/mol. The van der Waals surface area contributed by atoms with Gasteiger partial charge < -0.3 is 9.47 Å². The smallest absolute Gasteiger partial charge is 0.353 e. The fourth-order valence-corrected chi connectivity index (χ4v) is 0.484. The summed E-state index contributed by atoms with van der Waals surface area (Å²) >= 11 is 0. The zero-order chi connectivity index (χ0) is 8.27. The molecule has 1 aliphatic heterocycles. The van der Waals surface area contributed by atoms with E-state index in [1.54, 1.807) is 0 Å². The number of rotatable bonds is 2. The first-order chi connectivity index (χ1) is 5.22. The van der Waals surface area contributed by atoms with E-state index in [1.165, 1.54) is 0 Å². The second kappa shape index (κ2) is 2.96. The molecule has 1 rings (SSSR count). The average Bonchev–Trinajstić information content (AvgIpc) is 2.35. The van der Waals surface area contributed by atoms with Crippen LogP contribution in [0.5, 0.6) is 0 Å². The Morgan fingerprint density at radius 1 is 1.91 bits per heavy atom. The van der Waals surface area contributed by atoms with E-state index in [4.69, 9.17) is 0 Å². The van der Waals surface area contributed by atoms with Crippen LogP contribution >= 0.6 is 0 Å². The molecule has 1 atom stereocenters. The lowest BCUT2D eigenvalue weighted by atomic mass is 10.7. The van der Waals surface area contributed by atoms with Gasteiger partial charge in [-0.05, 0) is 0 Å². The molecule has 0 saturated heterocycles. The SMILES string of the molecule is C=CC(=O)OC1N=CC(=O)O1. The van der Waals surface area contributed by atoms with Gasteiger partial charge in [-0.3, -0.25) is 0 Å². The van der Waals surface area contributed by atoms with E-state index in [0.717, 1.165) is 12.3 Å². The minimum Gasteiger partial charge on any atom is -0.401 e. The number of ether oxygens (including phenoxy) is 2. The topological polar surface area (TPSA) is 65.0 Å². The molecule has 5 heteroatoms. The first-order valence-corrected chi connectivity index (χ1v) is 2.79. The summed E-state index contributed by atoms with van der Waals surface area (Å²) in [6.07, 6.45) is 0.774. The van der Waals surface area contributed by atoms with Gasteiger partial charge in [0.05, 0.1) is 0 Å². The summed E-state index contributed by atoms with van der Waals surface area (Å²) in [5.74, 6) is -1.30. The van der Waals surface area contributed by atoms with Gasteiger partial charge in [0.15, 0.2) is 0 Å². The van der Waals surface area contributed by atoms with Crippen molar-refractivity contribution >= 4 is 18.2 Å². The molecule has 0 aliphatic carbocycles. The molecule has 0 aromatic rings. The Hall–Kier alpha value is -1.65. The third-order valence-electron chi connectivity index (χ3n) is 0.902. The van der Waals surface area contributed by atoms with Crippen molar-refractivity contribution in [3.63, 3.8) is 0 Å². The maximum atomic E-state index is 10.5. The molecule has 58 valence electrons. The average molecular weight is 155 g/mol. The molecule has 0 saturated carbocycles. The van der Waals surface area contributed by atoms with Gasteiger partial charge in [-0.2, -0.15) is 0 Å². The highest BCUT2D eigenvalue weighted by Crippen LogP contribution is 2.02. The van der Waals surface area contributed by atoms with E-state index >= 15 is 0 Å². The van der Waals surface area contributed by atoms with Crippen molar-refractivity contribution < 1.29 is 19.1 Å². The summed E-state index contributed by atoms with van der Waals surface area (Å²) in [4.78, 5) is 24.2. The van der Waals surface area contributed by atoms with Gasteiger partial charge in [0.2, 0.25) is 0 Å². The van der Waals surface area contributed by atoms with Gasteiger partial charge >= 0.3 is 18.4 Å². The molecule has 1 aliphatic rings. The molecule has 0 bridgehead atoms. The quantitative estimate of drug-likeness (QED) is 0.403. The molecule has 5 nitrogen and oxygen atoms in total. The second-order valence-electron chi connectivity index (χ2n) is 1.66. The maximum absolute atomic E-state index is 10.5. The highest BCUT2D eigenvalue weighted by molar-refractivity contribution is 6.24. The number of carbonyl (C=O) groups excluding carboxylic acids is 2. The van der Waals surface area contributed by atoms with E-state index < -0.39 is 18.4 Å². The zero-order valence-corrected chi connectivity index (χ0v) is 5.52. The predicted molar refractivity (Wildman–Crippen MR) is 34.7 cm³/mol. The minimum atomic E-state index is -1.13. The van der Waals surface area contributed by atoms with Crippen molar-refractivity contribution in [1.29, 1.82) is 0 Å². The largest absolute Gasteiger partial charge is 0.401 e. The highest BCUT2D eigenvalue weighted by atomic mass is 16.7. The van der Waals surface area contributed by atoms with Crippen LogP contribution in [0, 0.1) is 0 Å². The van der Waals surface area contributed by atoms with Crippen LogP contribution in [0.1, 0.15) is 0 Å². The number of cyclic esters (lactones) is 1. The van der Waals surface area contributed by atoms with Crippen LogP contribution in [-0.4, -0.2) is 24.6 Å². The maximum Gasteiger partial charge on any atom is 0.353 e. The van der Waals surface area contributed by atoms with Gasteiger partial charge in [0.1, 0.15) is 6.21 Å². The second-order valence-corrected chi connectivity index (χ2v) is 1.66. The van der Waals surface area contributed by atoms with Crippen LogP contribution in [0.25, 0.3) is 0 Å². The van der Waals surface area contributed by atoms with Crippen LogP contribution in [-0.2, 0) is 19.1 Å². The molecule has 0 aromatic carbocycles. The van der Waals surface area contributed by atoms with Gasteiger partial charge in [-0.25, -0.2) is 14.6 Å². The Labute approximate surface area is 62.3 Å². The lowest BCUT2D eigenvalue weighted by molar-refractivity contribution is -0.173. The minimum absolute atomic E-state index is 0.619. The van der Waals surface area contributed by atoms with E-state index in [0.29, 0.717) is 0 Å². The van der Waals surface area contributed by atoms with E-state index in [2.05, 4.69) is 21.0 Å². The highest BCUT2D eigenvalue weighted by Gasteiger charge is 2.20. The molecule has 0 spiro atoms. The lowest BCUT2D eigenvalue weighted by Gasteiger charge is -2.04. The zero-order valence-electron chi connectivity index (χ0n) is 5.52. The Morgan fingerprint density at radius 2 is 2.64 bits per heavy atom. The molecule has 1 heterocycles. The van der Waals surface area contributed by atoms with Crippen LogP contribution < -0.4 is 0 Å². The summed E-state index contributed by atoms with van der Waals surface area (Å²) in [7, 11) is 0. The molecule has 0 N–H and O–H groups in total. The van der Waals surface area contributed by atoms with Crippen LogP contribution in [0.4, 0.5) is 0 Å². The normalized spacial score (nSPS) is 21.1. The molecular formula is C6H5NO4. The van der Waals surface area contributed by atoms with E-state index in [1.807, 2.05) is 0 Å². The van der Waals surface area contributed by atoms with Crippen molar-refractivity contribution in [2.24, 2.45) is 4.99 Å². The molecule has 0 amide bonds. The molecule has 0 radical (unpaired) electrons. The van der Waals surface area contributed by atoms with Gasteiger partial charge in [0.25, 0.3) is 0 Å². The summed E-state index contributed by atoms with van der Waals surface area (Å²) in [5, 5.41) is 0. The van der Waals surface area contributed by atoms with Crippen molar-refractivity contribution in [2.75, 3.05) is 0 Å². The van der Waals surface area contributed by atoms with Gasteiger partial charge in [-0.1, -0.05) is 6.58 Å². The lowest BCUT2D eigenvalue weighted by Crippen LogP contribution is -2.15. The number of nitrogens with zero attached hydrogens (tertiary/aromatic N) is 1. The molecule has 0 fully saturated rings. The van der Waals surface area contributed by atoms with Gasteiger partial charge in [-0.15, -0.1) is 0 Å². The first kappa shape index (κ1) is 7.46. The van der Waals surface area contributed by atoms with E-state index in [-0.39, 0.29) is 0 Å². The summed E-state index contributed by atoms with van der Waals surface area (Å²) in [6.45, 7) is 3.15. The van der Waals surface area contributed by atoms with Crippen molar-refractivity contribution in [2.45, 2.75) is 6.41 Å². The number of carbonyl (C=O) groups is 2.